The van der Waals surface area contributed by atoms with Crippen LogP contribution < -0.4 is 16.6 Å². The van der Waals surface area contributed by atoms with Crippen molar-refractivity contribution < 1.29 is 4.79 Å². The summed E-state index contributed by atoms with van der Waals surface area (Å²) >= 11 is 6.06. The first kappa shape index (κ1) is 21.6. The van der Waals surface area contributed by atoms with E-state index in [1.807, 2.05) is 31.2 Å². The minimum Gasteiger partial charge on any atom is -0.324 e. The Balaban J connectivity index is 1.76. The molecule has 4 aromatic rings. The number of anilines is 1. The molecule has 0 saturated heterocycles. The van der Waals surface area contributed by atoms with E-state index in [-0.39, 0.29) is 19.0 Å². The molecule has 0 fully saturated rings. The average molecular weight is 448 g/mol. The number of hydrogen-bond acceptors (Lipinski definition) is 3. The SMILES string of the molecule is CCc1ccccc1NC(=O)Cn1c(=O)n(Cc2cccc(Cl)c2)c(=O)c2ccccc21. The molecule has 3 aromatic carbocycles. The molecular formula is C25H22ClN3O3. The fourth-order valence-electron chi connectivity index (χ4n) is 3.76. The number of benzene rings is 3. The number of rotatable bonds is 6. The number of hydrogen-bond donors (Lipinski definition) is 1. The van der Waals surface area contributed by atoms with Crippen molar-refractivity contribution in [1.29, 1.82) is 0 Å². The lowest BCUT2D eigenvalue weighted by molar-refractivity contribution is -0.116. The predicted octanol–water partition coefficient (Wildman–Crippen LogP) is 4.07. The second-order valence-electron chi connectivity index (χ2n) is 7.47. The number of nitrogens with one attached hydrogen (secondary N) is 1. The highest BCUT2D eigenvalue weighted by atomic mass is 35.5. The van der Waals surface area contributed by atoms with Crippen LogP contribution in [0.2, 0.25) is 5.02 Å². The average Bonchev–Trinajstić information content (AvgIpc) is 2.80. The lowest BCUT2D eigenvalue weighted by Crippen LogP contribution is -2.42. The topological polar surface area (TPSA) is 73.1 Å². The van der Waals surface area contributed by atoms with Crippen LogP contribution in [0.4, 0.5) is 5.69 Å². The number of carbonyl (C=O) groups excluding carboxylic acids is 1. The van der Waals surface area contributed by atoms with Crippen LogP contribution in [-0.4, -0.2) is 15.0 Å². The largest absolute Gasteiger partial charge is 0.332 e. The van der Waals surface area contributed by atoms with Crippen molar-refractivity contribution in [3.05, 3.63) is 110 Å². The Hall–Kier alpha value is -3.64. The normalized spacial score (nSPS) is 10.9. The Labute approximate surface area is 189 Å². The maximum atomic E-state index is 13.3. The Morgan fingerprint density at radius 1 is 0.938 bits per heavy atom. The molecule has 0 aliphatic heterocycles. The molecule has 0 atom stereocenters. The van der Waals surface area contributed by atoms with E-state index in [2.05, 4.69) is 5.32 Å². The lowest BCUT2D eigenvalue weighted by atomic mass is 10.1. The standard InChI is InChI=1S/C25H22ClN3O3/c1-2-18-9-3-5-12-21(18)27-23(30)16-28-22-13-6-4-11-20(22)24(31)29(25(28)32)15-17-8-7-10-19(26)14-17/h3-14H,2,15-16H2,1H3,(H,27,30). The van der Waals surface area contributed by atoms with Crippen molar-refractivity contribution in [2.75, 3.05) is 5.32 Å². The fourth-order valence-corrected chi connectivity index (χ4v) is 3.98. The zero-order chi connectivity index (χ0) is 22.7. The van der Waals surface area contributed by atoms with Crippen LogP contribution in [0.3, 0.4) is 0 Å². The molecule has 32 heavy (non-hydrogen) atoms. The van der Waals surface area contributed by atoms with Crippen LogP contribution in [0.5, 0.6) is 0 Å². The van der Waals surface area contributed by atoms with E-state index in [4.69, 9.17) is 11.6 Å². The summed E-state index contributed by atoms with van der Waals surface area (Å²) in [5, 5.41) is 3.78. The highest BCUT2D eigenvalue weighted by molar-refractivity contribution is 6.30. The molecule has 0 aliphatic carbocycles. The van der Waals surface area contributed by atoms with Gasteiger partial charge in [-0.3, -0.25) is 18.7 Å². The van der Waals surface area contributed by atoms with Gasteiger partial charge in [0, 0.05) is 10.7 Å². The maximum absolute atomic E-state index is 13.3. The number of carbonyl (C=O) groups is 1. The highest BCUT2D eigenvalue weighted by Gasteiger charge is 2.16. The summed E-state index contributed by atoms with van der Waals surface area (Å²) in [6, 6.07) is 21.4. The summed E-state index contributed by atoms with van der Waals surface area (Å²) < 4.78 is 2.48. The lowest BCUT2D eigenvalue weighted by Gasteiger charge is -2.15. The van der Waals surface area contributed by atoms with Gasteiger partial charge in [-0.2, -0.15) is 0 Å². The molecule has 1 amide bonds. The van der Waals surface area contributed by atoms with Gasteiger partial charge in [0.25, 0.3) is 5.56 Å². The van der Waals surface area contributed by atoms with Gasteiger partial charge < -0.3 is 5.32 Å². The third-order valence-electron chi connectivity index (χ3n) is 5.34. The van der Waals surface area contributed by atoms with E-state index in [0.717, 1.165) is 22.1 Å². The molecule has 7 heteroatoms. The van der Waals surface area contributed by atoms with Gasteiger partial charge in [0.05, 0.1) is 17.4 Å². The van der Waals surface area contributed by atoms with Gasteiger partial charge in [-0.25, -0.2) is 4.79 Å². The van der Waals surface area contributed by atoms with Crippen molar-refractivity contribution in [1.82, 2.24) is 9.13 Å². The smallest absolute Gasteiger partial charge is 0.324 e. The summed E-state index contributed by atoms with van der Waals surface area (Å²) in [5.41, 5.74) is 1.91. The second-order valence-corrected chi connectivity index (χ2v) is 7.90. The molecule has 0 spiro atoms. The Morgan fingerprint density at radius 2 is 1.69 bits per heavy atom. The number of halogens is 1. The zero-order valence-corrected chi connectivity index (χ0v) is 18.3. The minimum absolute atomic E-state index is 0.0589. The predicted molar refractivity (Wildman–Crippen MR) is 127 cm³/mol. The van der Waals surface area contributed by atoms with E-state index < -0.39 is 11.2 Å². The molecular weight excluding hydrogens is 426 g/mol. The van der Waals surface area contributed by atoms with E-state index in [9.17, 15) is 14.4 Å². The minimum atomic E-state index is -0.549. The van der Waals surface area contributed by atoms with Gasteiger partial charge >= 0.3 is 5.69 Å². The number of amides is 1. The third kappa shape index (κ3) is 4.36. The fraction of sp³-hybridized carbons (Fsp3) is 0.160. The number of aromatic nitrogens is 2. The molecule has 6 nitrogen and oxygen atoms in total. The van der Waals surface area contributed by atoms with E-state index in [0.29, 0.717) is 21.6 Å². The van der Waals surface area contributed by atoms with E-state index in [1.165, 1.54) is 4.57 Å². The quantitative estimate of drug-likeness (QED) is 0.484. The van der Waals surface area contributed by atoms with Crippen LogP contribution in [0, 0.1) is 0 Å². The van der Waals surface area contributed by atoms with Crippen LogP contribution in [0.1, 0.15) is 18.1 Å². The van der Waals surface area contributed by atoms with Crippen molar-refractivity contribution in [3.63, 3.8) is 0 Å². The zero-order valence-electron chi connectivity index (χ0n) is 17.5. The molecule has 0 saturated carbocycles. The molecule has 0 radical (unpaired) electrons. The summed E-state index contributed by atoms with van der Waals surface area (Å²) in [4.78, 5) is 39.3. The molecule has 1 aromatic heterocycles. The van der Waals surface area contributed by atoms with Gasteiger partial charge in [0.15, 0.2) is 0 Å². The Bertz CT molecular complexity index is 1420. The summed E-state index contributed by atoms with van der Waals surface area (Å²) in [6.07, 6.45) is 0.768. The van der Waals surface area contributed by atoms with Gasteiger partial charge in [-0.1, -0.05) is 61.0 Å². The highest BCUT2D eigenvalue weighted by Crippen LogP contribution is 2.16. The van der Waals surface area contributed by atoms with Crippen LogP contribution in [-0.2, 0) is 24.3 Å². The van der Waals surface area contributed by atoms with Crippen molar-refractivity contribution in [3.8, 4) is 0 Å². The Kier molecular flexibility index (Phi) is 6.23. The van der Waals surface area contributed by atoms with Gasteiger partial charge in [0.2, 0.25) is 5.91 Å². The number of aryl methyl sites for hydroxylation is 1. The monoisotopic (exact) mass is 447 g/mol. The number of fused-ring (bicyclic) bond motifs is 1. The van der Waals surface area contributed by atoms with Crippen LogP contribution in [0.25, 0.3) is 10.9 Å². The summed E-state index contributed by atoms with van der Waals surface area (Å²) in [6.45, 7) is 1.85. The first-order chi connectivity index (χ1) is 15.5. The molecule has 0 unspecified atom stereocenters. The molecule has 162 valence electrons. The number of para-hydroxylation sites is 2. The van der Waals surface area contributed by atoms with E-state index >= 15 is 0 Å². The van der Waals surface area contributed by atoms with Gasteiger partial charge in [0.1, 0.15) is 6.54 Å². The number of nitrogens with zero attached hydrogens (tertiary/aromatic N) is 2. The molecule has 1 heterocycles. The van der Waals surface area contributed by atoms with Crippen LogP contribution >= 0.6 is 11.6 Å². The first-order valence-electron chi connectivity index (χ1n) is 10.3. The Morgan fingerprint density at radius 3 is 2.47 bits per heavy atom. The molecule has 0 aliphatic rings. The van der Waals surface area contributed by atoms with Crippen LogP contribution in [0.15, 0.2) is 82.4 Å². The molecule has 4 rings (SSSR count). The molecule has 0 bridgehead atoms. The van der Waals surface area contributed by atoms with Crippen molar-refractivity contribution in [2.24, 2.45) is 0 Å². The summed E-state index contributed by atoms with van der Waals surface area (Å²) in [7, 11) is 0. The van der Waals surface area contributed by atoms with Gasteiger partial charge in [-0.15, -0.1) is 0 Å². The second kappa shape index (κ2) is 9.24. The third-order valence-corrected chi connectivity index (χ3v) is 5.57. The van der Waals surface area contributed by atoms with Crippen molar-refractivity contribution >= 4 is 34.1 Å². The summed E-state index contributed by atoms with van der Waals surface area (Å²) in [5.74, 6) is -0.342. The first-order valence-corrected chi connectivity index (χ1v) is 10.7. The maximum Gasteiger partial charge on any atom is 0.332 e. The molecule has 1 N–H and O–H groups in total. The van der Waals surface area contributed by atoms with E-state index in [1.54, 1.807) is 48.5 Å². The van der Waals surface area contributed by atoms with Gasteiger partial charge in [-0.05, 0) is 47.9 Å². The van der Waals surface area contributed by atoms with Crippen molar-refractivity contribution in [2.45, 2.75) is 26.4 Å².